The Morgan fingerprint density at radius 3 is 2.53 bits per heavy atom. The van der Waals surface area contributed by atoms with Crippen LogP contribution in [0.4, 0.5) is 0 Å². The van der Waals surface area contributed by atoms with Crippen LogP contribution in [-0.2, 0) is 16.1 Å². The lowest BCUT2D eigenvalue weighted by Gasteiger charge is -2.25. The Morgan fingerprint density at radius 2 is 1.82 bits per heavy atom. The Hall–Kier alpha value is -4.11. The molecule has 1 atom stereocenters. The summed E-state index contributed by atoms with van der Waals surface area (Å²) in [6, 6.07) is 20.4. The predicted octanol–water partition coefficient (Wildman–Crippen LogP) is 6.90. The second-order valence-electron chi connectivity index (χ2n) is 11.0. The fourth-order valence-corrected chi connectivity index (χ4v) is 6.94. The van der Waals surface area contributed by atoms with Gasteiger partial charge in [0.25, 0.3) is 5.56 Å². The molecule has 0 saturated carbocycles. The van der Waals surface area contributed by atoms with Crippen molar-refractivity contribution in [1.29, 1.82) is 0 Å². The lowest BCUT2D eigenvalue weighted by molar-refractivity contribution is -0.143. The topological polar surface area (TPSA) is 74.8 Å². The lowest BCUT2D eigenvalue weighted by Crippen LogP contribution is -2.40. The summed E-state index contributed by atoms with van der Waals surface area (Å²) in [7, 11) is 0. The molecule has 0 N–H and O–H groups in total. The van der Waals surface area contributed by atoms with E-state index in [4.69, 9.17) is 37.7 Å². The van der Waals surface area contributed by atoms with Gasteiger partial charge in [-0.15, -0.1) is 0 Å². The molecule has 3 aromatic carbocycles. The molecule has 5 aromatic rings. The van der Waals surface area contributed by atoms with Gasteiger partial charge >= 0.3 is 5.97 Å². The van der Waals surface area contributed by atoms with Crippen molar-refractivity contribution in [3.05, 3.63) is 131 Å². The predicted molar refractivity (Wildman–Crippen MR) is 180 cm³/mol. The summed E-state index contributed by atoms with van der Waals surface area (Å²) in [5, 5.41) is 2.01. The molecule has 0 unspecified atom stereocenters. The number of ether oxygens (including phenoxy) is 2. The summed E-state index contributed by atoms with van der Waals surface area (Å²) in [5.41, 5.74) is 4.29. The first kappa shape index (κ1) is 30.9. The molecule has 0 fully saturated rings. The van der Waals surface area contributed by atoms with Gasteiger partial charge in [0.15, 0.2) is 4.80 Å². The number of para-hydroxylation sites is 1. The fraction of sp³-hybridized carbons (Fsp3) is 0.229. The number of carbonyl (C=O) groups is 1. The van der Waals surface area contributed by atoms with Gasteiger partial charge in [0.05, 0.1) is 44.6 Å². The monoisotopic (exact) mass is 659 g/mol. The van der Waals surface area contributed by atoms with Gasteiger partial charge in [-0.1, -0.05) is 70.9 Å². The number of aromatic nitrogens is 2. The largest absolute Gasteiger partial charge is 0.494 e. The number of fused-ring (bicyclic) bond motifs is 2. The highest BCUT2D eigenvalue weighted by Gasteiger charge is 2.34. The first-order valence-electron chi connectivity index (χ1n) is 14.6. The zero-order chi connectivity index (χ0) is 31.8. The molecular formula is C35H31Cl2N3O4S. The summed E-state index contributed by atoms with van der Waals surface area (Å²) in [6.45, 7) is 8.41. The van der Waals surface area contributed by atoms with E-state index in [9.17, 15) is 9.59 Å². The van der Waals surface area contributed by atoms with Crippen LogP contribution < -0.4 is 19.6 Å². The molecule has 7 nitrogen and oxygen atoms in total. The van der Waals surface area contributed by atoms with Gasteiger partial charge in [0.1, 0.15) is 5.75 Å². The molecule has 230 valence electrons. The Kier molecular flexibility index (Phi) is 8.73. The van der Waals surface area contributed by atoms with E-state index in [0.717, 1.165) is 27.6 Å². The minimum absolute atomic E-state index is 0.235. The van der Waals surface area contributed by atoms with Gasteiger partial charge in [0, 0.05) is 29.2 Å². The van der Waals surface area contributed by atoms with Crippen LogP contribution in [0, 0.1) is 0 Å². The average molecular weight is 661 g/mol. The molecule has 0 aliphatic carbocycles. The van der Waals surface area contributed by atoms with Crippen LogP contribution in [0.15, 0.2) is 94.0 Å². The highest BCUT2D eigenvalue weighted by Crippen LogP contribution is 2.32. The van der Waals surface area contributed by atoms with Crippen LogP contribution in [-0.4, -0.2) is 27.8 Å². The number of allylic oxidation sites excluding steroid dienone is 1. The van der Waals surface area contributed by atoms with Crippen molar-refractivity contribution in [3.8, 4) is 5.75 Å². The van der Waals surface area contributed by atoms with Crippen LogP contribution in [0.25, 0.3) is 17.0 Å². The second kappa shape index (κ2) is 12.7. The van der Waals surface area contributed by atoms with Gasteiger partial charge < -0.3 is 14.0 Å². The van der Waals surface area contributed by atoms with Crippen molar-refractivity contribution in [2.75, 3.05) is 6.61 Å². The van der Waals surface area contributed by atoms with Crippen LogP contribution in [0.3, 0.4) is 0 Å². The number of esters is 1. The van der Waals surface area contributed by atoms with E-state index in [2.05, 4.69) is 4.57 Å². The number of hydrogen-bond donors (Lipinski definition) is 0. The number of carbonyl (C=O) groups excluding carboxylic acids is 1. The van der Waals surface area contributed by atoms with Crippen LogP contribution in [0.1, 0.15) is 50.4 Å². The summed E-state index contributed by atoms with van der Waals surface area (Å²) in [5.74, 6) is 0.211. The Labute approximate surface area is 274 Å². The van der Waals surface area contributed by atoms with E-state index in [1.807, 2.05) is 79.9 Å². The molecule has 0 radical (unpaired) electrons. The van der Waals surface area contributed by atoms with Crippen LogP contribution in [0.5, 0.6) is 5.75 Å². The summed E-state index contributed by atoms with van der Waals surface area (Å²) in [4.78, 5) is 32.9. The molecular weight excluding hydrogens is 629 g/mol. The highest BCUT2D eigenvalue weighted by atomic mass is 35.5. The number of rotatable bonds is 8. The van der Waals surface area contributed by atoms with Gasteiger partial charge in [-0.05, 0) is 75.2 Å². The molecule has 3 heterocycles. The third-order valence-corrected chi connectivity index (χ3v) is 9.26. The molecule has 0 amide bonds. The molecule has 1 aliphatic rings. The zero-order valence-corrected chi connectivity index (χ0v) is 27.5. The van der Waals surface area contributed by atoms with Gasteiger partial charge in [0.2, 0.25) is 0 Å². The molecule has 2 aromatic heterocycles. The quantitative estimate of drug-likeness (QED) is 0.170. The smallest absolute Gasteiger partial charge is 0.338 e. The minimum atomic E-state index is -0.707. The maximum absolute atomic E-state index is 14.2. The van der Waals surface area contributed by atoms with E-state index in [1.165, 1.54) is 11.3 Å². The first-order chi connectivity index (χ1) is 21.6. The molecule has 10 heteroatoms. The minimum Gasteiger partial charge on any atom is -0.494 e. The van der Waals surface area contributed by atoms with Crippen molar-refractivity contribution in [2.45, 2.75) is 46.4 Å². The Balaban J connectivity index is 1.49. The van der Waals surface area contributed by atoms with E-state index in [-0.39, 0.29) is 11.7 Å². The van der Waals surface area contributed by atoms with Crippen molar-refractivity contribution < 1.29 is 14.3 Å². The average Bonchev–Trinajstić information content (AvgIpc) is 3.50. The molecule has 1 aliphatic heterocycles. The molecule has 0 saturated heterocycles. The third-order valence-electron chi connectivity index (χ3n) is 7.53. The molecule has 0 spiro atoms. The lowest BCUT2D eigenvalue weighted by atomic mass is 9.96. The summed E-state index contributed by atoms with van der Waals surface area (Å²) < 4.78 is 15.5. The van der Waals surface area contributed by atoms with Gasteiger partial charge in [-0.3, -0.25) is 9.36 Å². The molecule has 45 heavy (non-hydrogen) atoms. The first-order valence-corrected chi connectivity index (χ1v) is 16.2. The van der Waals surface area contributed by atoms with Gasteiger partial charge in [-0.25, -0.2) is 9.79 Å². The number of nitrogens with zero attached hydrogens (tertiary/aromatic N) is 3. The zero-order valence-electron chi connectivity index (χ0n) is 25.2. The maximum atomic E-state index is 14.2. The fourth-order valence-electron chi connectivity index (χ4n) is 5.59. The summed E-state index contributed by atoms with van der Waals surface area (Å²) >= 11 is 13.7. The van der Waals surface area contributed by atoms with Crippen molar-refractivity contribution in [1.82, 2.24) is 9.13 Å². The number of thiazole rings is 1. The standard InChI is InChI=1S/C35H31Cl2N3O4S/c1-5-43-25-13-11-23(12-14-25)32-31(34(42)44-20(2)3)21(4)38-35-40(32)33(41)30(45-35)17-24-19-39(29-9-7-6-8-26(24)29)18-22-10-15-27(36)28(37)16-22/h6-17,19-20,32H,5,18H2,1-4H3/b30-17+/t32-/m1/s1. The maximum Gasteiger partial charge on any atom is 0.338 e. The van der Waals surface area contributed by atoms with Crippen LogP contribution >= 0.6 is 34.5 Å². The van der Waals surface area contributed by atoms with Crippen LogP contribution in [0.2, 0.25) is 10.0 Å². The van der Waals surface area contributed by atoms with E-state index in [0.29, 0.717) is 49.6 Å². The van der Waals surface area contributed by atoms with E-state index >= 15 is 0 Å². The Bertz CT molecular complexity index is 2140. The molecule has 6 rings (SSSR count). The SMILES string of the molecule is CCOc1ccc([C@@H]2C(C(=O)OC(C)C)=C(C)N=c3s/c(=C/c4cn(Cc5ccc(Cl)c(Cl)c5)c5ccccc45)c(=O)n32)cc1. The van der Waals surface area contributed by atoms with E-state index < -0.39 is 12.0 Å². The number of hydrogen-bond acceptors (Lipinski definition) is 6. The van der Waals surface area contributed by atoms with Crippen molar-refractivity contribution in [3.63, 3.8) is 0 Å². The highest BCUT2D eigenvalue weighted by molar-refractivity contribution is 7.07. The normalized spacial score (nSPS) is 15.0. The van der Waals surface area contributed by atoms with Gasteiger partial charge in [-0.2, -0.15) is 0 Å². The third kappa shape index (κ3) is 6.10. The number of benzene rings is 3. The second-order valence-corrected chi connectivity index (χ2v) is 12.8. The summed E-state index contributed by atoms with van der Waals surface area (Å²) in [6.07, 6.45) is 3.61. The number of halogens is 2. The van der Waals surface area contributed by atoms with Crippen molar-refractivity contribution in [2.24, 2.45) is 4.99 Å². The van der Waals surface area contributed by atoms with E-state index in [1.54, 1.807) is 31.4 Å². The van der Waals surface area contributed by atoms with Crippen molar-refractivity contribution >= 4 is 57.5 Å². The Morgan fingerprint density at radius 1 is 1.07 bits per heavy atom. The molecule has 0 bridgehead atoms.